The number of halogens is 3. The predicted molar refractivity (Wildman–Crippen MR) is 90.7 cm³/mol. The molecule has 1 aromatic rings. The summed E-state index contributed by atoms with van der Waals surface area (Å²) in [5, 5.41) is 4.73. The fourth-order valence-corrected chi connectivity index (χ4v) is 2.99. The molecule has 0 atom stereocenters. The minimum absolute atomic E-state index is 0.316. The Labute approximate surface area is 148 Å². The van der Waals surface area contributed by atoms with Crippen LogP contribution in [0.3, 0.4) is 0 Å². The Balaban J connectivity index is 1.54. The summed E-state index contributed by atoms with van der Waals surface area (Å²) in [4.78, 5) is 7.47. The first-order chi connectivity index (χ1) is 11.9. The molecule has 10 heteroatoms. The molecule has 2 aliphatic heterocycles. The molecule has 0 radical (unpaired) electrons. The quantitative estimate of drug-likeness (QED) is 0.628. The van der Waals surface area contributed by atoms with E-state index < -0.39 is 12.7 Å². The number of rotatable bonds is 2. The van der Waals surface area contributed by atoms with Gasteiger partial charge in [0.05, 0.1) is 18.9 Å². The second-order valence-electron chi connectivity index (χ2n) is 5.80. The zero-order chi connectivity index (χ0) is 17.9. The Morgan fingerprint density at radius 2 is 2.08 bits per heavy atom. The molecule has 2 aliphatic rings. The van der Waals surface area contributed by atoms with E-state index in [1.165, 1.54) is 4.90 Å². The van der Waals surface area contributed by atoms with Crippen LogP contribution in [0.25, 0.3) is 0 Å². The van der Waals surface area contributed by atoms with E-state index in [9.17, 15) is 13.2 Å². The monoisotopic (exact) mass is 373 g/mol. The van der Waals surface area contributed by atoms with Crippen LogP contribution in [0.15, 0.2) is 23.4 Å². The molecule has 0 aromatic carbocycles. The predicted octanol–water partition coefficient (Wildman–Crippen LogP) is 1.62. The summed E-state index contributed by atoms with van der Waals surface area (Å²) in [5.74, 6) is 0.681. The second-order valence-corrected chi connectivity index (χ2v) is 6.19. The van der Waals surface area contributed by atoms with Gasteiger partial charge in [-0.1, -0.05) is 0 Å². The minimum atomic E-state index is -4.17. The van der Waals surface area contributed by atoms with E-state index in [0.717, 1.165) is 5.71 Å². The third-order valence-corrected chi connectivity index (χ3v) is 4.34. The van der Waals surface area contributed by atoms with Crippen molar-refractivity contribution in [2.24, 2.45) is 5.10 Å². The maximum Gasteiger partial charge on any atom is 0.401 e. The van der Waals surface area contributed by atoms with E-state index in [4.69, 9.17) is 17.0 Å². The van der Waals surface area contributed by atoms with Gasteiger partial charge in [0.2, 0.25) is 0 Å². The fourth-order valence-electron chi connectivity index (χ4n) is 2.76. The Kier molecular flexibility index (Phi) is 5.38. The van der Waals surface area contributed by atoms with Gasteiger partial charge < -0.3 is 9.64 Å². The number of alkyl halides is 3. The lowest BCUT2D eigenvalue weighted by Gasteiger charge is -2.35. The van der Waals surface area contributed by atoms with E-state index in [0.29, 0.717) is 55.8 Å². The van der Waals surface area contributed by atoms with Crippen molar-refractivity contribution in [2.75, 3.05) is 39.3 Å². The van der Waals surface area contributed by atoms with Crippen LogP contribution >= 0.6 is 12.2 Å². The zero-order valence-electron chi connectivity index (χ0n) is 13.4. The first-order valence-corrected chi connectivity index (χ1v) is 8.32. The lowest BCUT2D eigenvalue weighted by Crippen LogP contribution is -2.52. The van der Waals surface area contributed by atoms with Crippen molar-refractivity contribution in [3.63, 3.8) is 0 Å². The average Bonchev–Trinajstić information content (AvgIpc) is 2.59. The topological polar surface area (TPSA) is 53.0 Å². The third kappa shape index (κ3) is 4.79. The third-order valence-electron chi connectivity index (χ3n) is 3.99. The van der Waals surface area contributed by atoms with Crippen molar-refractivity contribution >= 4 is 23.0 Å². The Morgan fingerprint density at radius 3 is 2.80 bits per heavy atom. The summed E-state index contributed by atoms with van der Waals surface area (Å²) in [5.41, 5.74) is 4.26. The Bertz CT molecular complexity index is 659. The van der Waals surface area contributed by atoms with Crippen LogP contribution in [0, 0.1) is 0 Å². The van der Waals surface area contributed by atoms with Gasteiger partial charge in [0, 0.05) is 38.8 Å². The summed E-state index contributed by atoms with van der Waals surface area (Å²) < 4.78 is 42.8. The standard InChI is InChI=1S/C15H18F3N5OS/c16-15(17,18)10-22-5-7-23(8-6-22)14(25)21-20-11-3-9-24-12-2-1-4-19-13(11)12/h1-2,4H,3,5-10H2,(H,21,25)/b20-11-. The van der Waals surface area contributed by atoms with E-state index in [1.54, 1.807) is 12.3 Å². The number of nitrogens with one attached hydrogen (secondary N) is 1. The minimum Gasteiger partial charge on any atom is -0.491 e. The van der Waals surface area contributed by atoms with Crippen molar-refractivity contribution in [2.45, 2.75) is 12.6 Å². The van der Waals surface area contributed by atoms with Crippen molar-refractivity contribution in [1.82, 2.24) is 20.2 Å². The summed E-state index contributed by atoms with van der Waals surface area (Å²) >= 11 is 5.30. The first-order valence-electron chi connectivity index (χ1n) is 7.91. The highest BCUT2D eigenvalue weighted by atomic mass is 32.1. The van der Waals surface area contributed by atoms with Crippen LogP contribution in [-0.4, -0.2) is 71.1 Å². The van der Waals surface area contributed by atoms with Crippen LogP contribution < -0.4 is 10.2 Å². The molecule has 3 heterocycles. The highest BCUT2D eigenvalue weighted by Gasteiger charge is 2.32. The smallest absolute Gasteiger partial charge is 0.401 e. The molecule has 0 aliphatic carbocycles. The van der Waals surface area contributed by atoms with Gasteiger partial charge in [-0.05, 0) is 24.4 Å². The molecule has 6 nitrogen and oxygen atoms in total. The summed E-state index contributed by atoms with van der Waals surface area (Å²) in [6, 6.07) is 3.62. The molecule has 3 rings (SSSR count). The molecule has 0 spiro atoms. The molecule has 136 valence electrons. The van der Waals surface area contributed by atoms with Gasteiger partial charge in [-0.3, -0.25) is 15.3 Å². The van der Waals surface area contributed by atoms with Gasteiger partial charge in [-0.15, -0.1) is 0 Å². The number of piperazine rings is 1. The van der Waals surface area contributed by atoms with Gasteiger partial charge in [0.1, 0.15) is 11.4 Å². The van der Waals surface area contributed by atoms with Gasteiger partial charge in [-0.2, -0.15) is 18.3 Å². The van der Waals surface area contributed by atoms with Crippen molar-refractivity contribution in [1.29, 1.82) is 0 Å². The molecule has 0 amide bonds. The molecule has 0 unspecified atom stereocenters. The number of hydrogen-bond acceptors (Lipinski definition) is 5. The van der Waals surface area contributed by atoms with Crippen molar-refractivity contribution in [3.8, 4) is 5.75 Å². The van der Waals surface area contributed by atoms with Gasteiger partial charge in [-0.25, -0.2) is 0 Å². The fraction of sp³-hybridized carbons (Fsp3) is 0.533. The number of hydrazone groups is 1. The van der Waals surface area contributed by atoms with Crippen molar-refractivity contribution < 1.29 is 17.9 Å². The van der Waals surface area contributed by atoms with Gasteiger partial charge in [0.25, 0.3) is 0 Å². The molecular formula is C15H18F3N5OS. The summed E-state index contributed by atoms with van der Waals surface area (Å²) in [6.07, 6.45) is -1.89. The number of nitrogens with zero attached hydrogens (tertiary/aromatic N) is 4. The lowest BCUT2D eigenvalue weighted by atomic mass is 10.1. The maximum absolute atomic E-state index is 12.4. The van der Waals surface area contributed by atoms with E-state index in [2.05, 4.69) is 15.5 Å². The zero-order valence-corrected chi connectivity index (χ0v) is 14.2. The number of fused-ring (bicyclic) bond motifs is 1. The Morgan fingerprint density at radius 1 is 1.32 bits per heavy atom. The van der Waals surface area contributed by atoms with E-state index in [1.807, 2.05) is 11.0 Å². The van der Waals surface area contributed by atoms with E-state index >= 15 is 0 Å². The number of ether oxygens (including phenoxy) is 1. The van der Waals surface area contributed by atoms with Crippen LogP contribution in [0.1, 0.15) is 12.1 Å². The molecule has 0 saturated carbocycles. The van der Waals surface area contributed by atoms with Crippen LogP contribution in [-0.2, 0) is 0 Å². The lowest BCUT2D eigenvalue weighted by molar-refractivity contribution is -0.148. The number of pyridine rings is 1. The molecular weight excluding hydrogens is 355 g/mol. The van der Waals surface area contributed by atoms with Crippen LogP contribution in [0.2, 0.25) is 0 Å². The SMILES string of the molecule is FC(F)(F)CN1CCN(C(=S)N/N=C2/CCOc3cccnc32)CC1. The first kappa shape index (κ1) is 17.9. The largest absolute Gasteiger partial charge is 0.491 e. The average molecular weight is 373 g/mol. The van der Waals surface area contributed by atoms with E-state index in [-0.39, 0.29) is 0 Å². The number of aromatic nitrogens is 1. The van der Waals surface area contributed by atoms with Crippen LogP contribution in [0.4, 0.5) is 13.2 Å². The normalized spacial score (nSPS) is 20.1. The van der Waals surface area contributed by atoms with Crippen LogP contribution in [0.5, 0.6) is 5.75 Å². The highest BCUT2D eigenvalue weighted by molar-refractivity contribution is 7.80. The molecule has 1 aromatic heterocycles. The molecule has 1 N–H and O–H groups in total. The van der Waals surface area contributed by atoms with Gasteiger partial charge >= 0.3 is 6.18 Å². The van der Waals surface area contributed by atoms with Crippen molar-refractivity contribution in [3.05, 3.63) is 24.0 Å². The maximum atomic E-state index is 12.4. The summed E-state index contributed by atoms with van der Waals surface area (Å²) in [6.45, 7) is 1.13. The molecule has 1 fully saturated rings. The highest BCUT2D eigenvalue weighted by Crippen LogP contribution is 2.22. The second kappa shape index (κ2) is 7.52. The Hall–Kier alpha value is -1.94. The number of hydrogen-bond donors (Lipinski definition) is 1. The number of thiocarbonyl (C=S) groups is 1. The molecule has 25 heavy (non-hydrogen) atoms. The summed E-state index contributed by atoms with van der Waals surface area (Å²) in [7, 11) is 0. The molecule has 0 bridgehead atoms. The van der Waals surface area contributed by atoms with Gasteiger partial charge in [0.15, 0.2) is 5.11 Å². The molecule has 1 saturated heterocycles.